The van der Waals surface area contributed by atoms with Crippen molar-refractivity contribution in [3.63, 3.8) is 0 Å². The van der Waals surface area contributed by atoms with E-state index in [1.54, 1.807) is 6.08 Å². The standard InChI is InChI=1S/C33H44F3N3/c1-5-26(23-39-18-8-7-13-29(39)6-2)19-30(33(34,35)36)25(4)22-38-28-12-9-11-27(20-28)32(15-10-16-32)21-31-24(3)14-17-37-31/h5,9,11-12,14,19-20,29,38H,4,6-8,10,13,15-18,21-23H2,1-3H3/b26-5+,30-19+/t29-/m1/s1. The van der Waals surface area contributed by atoms with E-state index in [9.17, 15) is 13.2 Å². The largest absolute Gasteiger partial charge is 0.416 e. The van der Waals surface area contributed by atoms with E-state index in [-0.39, 0.29) is 17.5 Å². The van der Waals surface area contributed by atoms with Crippen molar-refractivity contribution in [2.75, 3.05) is 31.5 Å². The Kier molecular flexibility index (Phi) is 9.58. The zero-order chi connectivity index (χ0) is 28.0. The molecular weight excluding hydrogens is 495 g/mol. The lowest BCUT2D eigenvalue weighted by atomic mass is 9.61. The van der Waals surface area contributed by atoms with Gasteiger partial charge in [-0.2, -0.15) is 13.2 Å². The molecule has 0 bridgehead atoms. The third kappa shape index (κ3) is 7.13. The molecule has 2 aliphatic heterocycles. The molecular formula is C33H44F3N3. The molecule has 1 aromatic carbocycles. The van der Waals surface area contributed by atoms with Gasteiger partial charge in [0.2, 0.25) is 0 Å². The van der Waals surface area contributed by atoms with Gasteiger partial charge in [-0.15, -0.1) is 0 Å². The lowest BCUT2D eigenvalue weighted by Gasteiger charge is -2.43. The van der Waals surface area contributed by atoms with E-state index in [0.29, 0.717) is 18.2 Å². The Labute approximate surface area is 232 Å². The molecule has 1 saturated carbocycles. The second-order valence-corrected chi connectivity index (χ2v) is 11.5. The molecule has 3 aliphatic rings. The van der Waals surface area contributed by atoms with Gasteiger partial charge in [-0.25, -0.2) is 0 Å². The first kappa shape index (κ1) is 29.4. The molecule has 0 spiro atoms. The van der Waals surface area contributed by atoms with Crippen LogP contribution in [0, 0.1) is 0 Å². The smallest absolute Gasteiger partial charge is 0.381 e. The van der Waals surface area contributed by atoms with E-state index < -0.39 is 11.7 Å². The number of hydrogen-bond donors (Lipinski definition) is 1. The normalized spacial score (nSPS) is 22.3. The molecule has 0 unspecified atom stereocenters. The average molecular weight is 540 g/mol. The Bertz CT molecular complexity index is 1150. The van der Waals surface area contributed by atoms with Crippen LogP contribution in [-0.2, 0) is 5.41 Å². The van der Waals surface area contributed by atoms with Gasteiger partial charge in [0.15, 0.2) is 0 Å². The molecule has 0 amide bonds. The minimum Gasteiger partial charge on any atom is -0.381 e. The third-order valence-electron chi connectivity index (χ3n) is 8.92. The molecule has 1 N–H and O–H groups in total. The summed E-state index contributed by atoms with van der Waals surface area (Å²) in [6.07, 6.45) is 9.59. The van der Waals surface area contributed by atoms with Crippen LogP contribution in [0.1, 0.15) is 77.7 Å². The maximum Gasteiger partial charge on any atom is 0.416 e. The number of benzene rings is 1. The van der Waals surface area contributed by atoms with Crippen LogP contribution in [0.25, 0.3) is 0 Å². The van der Waals surface area contributed by atoms with E-state index in [1.807, 2.05) is 19.1 Å². The van der Waals surface area contributed by atoms with Crippen LogP contribution in [0.5, 0.6) is 0 Å². The van der Waals surface area contributed by atoms with Gasteiger partial charge in [0.1, 0.15) is 0 Å². The highest BCUT2D eigenvalue weighted by atomic mass is 19.4. The van der Waals surface area contributed by atoms with Crippen molar-refractivity contribution in [1.29, 1.82) is 0 Å². The monoisotopic (exact) mass is 539 g/mol. The number of piperidine rings is 1. The van der Waals surface area contributed by atoms with Crippen LogP contribution in [0.4, 0.5) is 18.9 Å². The summed E-state index contributed by atoms with van der Waals surface area (Å²) >= 11 is 0. The predicted octanol–water partition coefficient (Wildman–Crippen LogP) is 8.57. The number of nitrogens with one attached hydrogen (secondary N) is 1. The second-order valence-electron chi connectivity index (χ2n) is 11.5. The molecule has 39 heavy (non-hydrogen) atoms. The van der Waals surface area contributed by atoms with Crippen LogP contribution in [-0.4, -0.2) is 49.0 Å². The maximum absolute atomic E-state index is 14.2. The van der Waals surface area contributed by atoms with Crippen molar-refractivity contribution in [3.05, 3.63) is 76.9 Å². The Hall–Kier alpha value is -2.60. The van der Waals surface area contributed by atoms with E-state index >= 15 is 0 Å². The number of allylic oxidation sites excluding steroid dienone is 2. The fraction of sp³-hybridized carbons (Fsp3) is 0.545. The number of nitrogens with zero attached hydrogens (tertiary/aromatic N) is 2. The third-order valence-corrected chi connectivity index (χ3v) is 8.92. The number of rotatable bonds is 11. The number of alkyl halides is 3. The first-order valence-electron chi connectivity index (χ1n) is 14.6. The minimum atomic E-state index is -4.47. The number of halogens is 3. The Balaban J connectivity index is 1.45. The quantitative estimate of drug-likeness (QED) is 0.285. The molecule has 1 aliphatic carbocycles. The fourth-order valence-electron chi connectivity index (χ4n) is 6.24. The number of anilines is 1. The van der Waals surface area contributed by atoms with Crippen molar-refractivity contribution in [1.82, 2.24) is 4.90 Å². The van der Waals surface area contributed by atoms with Gasteiger partial charge in [0, 0.05) is 35.9 Å². The Morgan fingerprint density at radius 2 is 2.03 bits per heavy atom. The maximum atomic E-state index is 14.2. The van der Waals surface area contributed by atoms with Crippen molar-refractivity contribution in [2.24, 2.45) is 4.99 Å². The summed E-state index contributed by atoms with van der Waals surface area (Å²) in [4.78, 5) is 7.02. The van der Waals surface area contributed by atoms with Crippen LogP contribution < -0.4 is 5.32 Å². The summed E-state index contributed by atoms with van der Waals surface area (Å²) in [5.74, 6) is 0. The van der Waals surface area contributed by atoms with Gasteiger partial charge in [-0.05, 0) is 99.4 Å². The van der Waals surface area contributed by atoms with Crippen molar-refractivity contribution >= 4 is 11.4 Å². The SMILES string of the molecule is C=C(CNc1cccc(C2(CC3=NCC=C3C)CCC2)c1)/C(=C\C(=C/C)CN1CCCC[C@H]1CC)C(F)(F)F. The second kappa shape index (κ2) is 12.7. The first-order chi connectivity index (χ1) is 18.6. The Morgan fingerprint density at radius 3 is 2.64 bits per heavy atom. The van der Waals surface area contributed by atoms with Crippen LogP contribution >= 0.6 is 0 Å². The van der Waals surface area contributed by atoms with Gasteiger partial charge in [-0.1, -0.05) is 50.6 Å². The molecule has 4 rings (SSSR count). The average Bonchev–Trinajstić information content (AvgIpc) is 3.30. The molecule has 6 heteroatoms. The molecule has 1 aromatic rings. The highest BCUT2D eigenvalue weighted by molar-refractivity contribution is 6.02. The number of aliphatic imine (C=N–C) groups is 1. The summed E-state index contributed by atoms with van der Waals surface area (Å²) in [5, 5.41) is 3.24. The van der Waals surface area contributed by atoms with Crippen LogP contribution in [0.15, 0.2) is 76.4 Å². The van der Waals surface area contributed by atoms with Crippen LogP contribution in [0.3, 0.4) is 0 Å². The summed E-state index contributed by atoms with van der Waals surface area (Å²) in [6, 6.07) is 8.62. The zero-order valence-electron chi connectivity index (χ0n) is 23.8. The fourth-order valence-corrected chi connectivity index (χ4v) is 6.24. The highest BCUT2D eigenvalue weighted by Gasteiger charge is 2.40. The van der Waals surface area contributed by atoms with Gasteiger partial charge in [-0.3, -0.25) is 9.89 Å². The number of likely N-dealkylation sites (tertiary alicyclic amines) is 1. The predicted molar refractivity (Wildman–Crippen MR) is 158 cm³/mol. The van der Waals surface area contributed by atoms with Crippen molar-refractivity contribution < 1.29 is 13.2 Å². The lowest BCUT2D eigenvalue weighted by molar-refractivity contribution is -0.0893. The summed E-state index contributed by atoms with van der Waals surface area (Å²) in [7, 11) is 0. The van der Waals surface area contributed by atoms with Crippen LogP contribution in [0.2, 0.25) is 0 Å². The molecule has 2 heterocycles. The van der Waals surface area contributed by atoms with Gasteiger partial charge in [0.05, 0.1) is 12.1 Å². The van der Waals surface area contributed by atoms with E-state index in [0.717, 1.165) is 57.3 Å². The Morgan fingerprint density at radius 1 is 1.23 bits per heavy atom. The summed E-state index contributed by atoms with van der Waals surface area (Å²) in [5.41, 5.74) is 4.68. The van der Waals surface area contributed by atoms with Gasteiger partial charge < -0.3 is 5.32 Å². The van der Waals surface area contributed by atoms with Crippen molar-refractivity contribution in [2.45, 2.75) is 89.8 Å². The molecule has 1 saturated heterocycles. The molecule has 0 aromatic heterocycles. The van der Waals surface area contributed by atoms with Crippen molar-refractivity contribution in [3.8, 4) is 0 Å². The first-order valence-corrected chi connectivity index (χ1v) is 14.6. The van der Waals surface area contributed by atoms with Gasteiger partial charge >= 0.3 is 6.18 Å². The lowest BCUT2D eigenvalue weighted by Crippen LogP contribution is -2.40. The highest BCUT2D eigenvalue weighted by Crippen LogP contribution is 2.48. The van der Waals surface area contributed by atoms with Gasteiger partial charge in [0.25, 0.3) is 0 Å². The molecule has 3 nitrogen and oxygen atoms in total. The number of hydrogen-bond acceptors (Lipinski definition) is 3. The molecule has 1 atom stereocenters. The van der Waals surface area contributed by atoms with E-state index in [4.69, 9.17) is 0 Å². The van der Waals surface area contributed by atoms with E-state index in [2.05, 4.69) is 53.8 Å². The zero-order valence-corrected chi connectivity index (χ0v) is 23.8. The molecule has 0 radical (unpaired) electrons. The minimum absolute atomic E-state index is 0.0364. The summed E-state index contributed by atoms with van der Waals surface area (Å²) in [6.45, 7) is 12.3. The topological polar surface area (TPSA) is 27.6 Å². The van der Waals surface area contributed by atoms with E-state index in [1.165, 1.54) is 35.8 Å². The molecule has 2 fully saturated rings. The molecule has 212 valence electrons. The summed E-state index contributed by atoms with van der Waals surface area (Å²) < 4.78 is 42.6.